The zero-order valence-corrected chi connectivity index (χ0v) is 16.8. The van der Waals surface area contributed by atoms with Gasteiger partial charge in [0.05, 0.1) is 4.90 Å². The van der Waals surface area contributed by atoms with Crippen LogP contribution in [0.3, 0.4) is 0 Å². The van der Waals surface area contributed by atoms with Gasteiger partial charge in [0, 0.05) is 25.2 Å². The van der Waals surface area contributed by atoms with E-state index in [1.54, 1.807) is 0 Å². The number of sulfonamides is 1. The largest absolute Gasteiger partial charge is 0.353 e. The van der Waals surface area contributed by atoms with E-state index in [9.17, 15) is 18.0 Å². The van der Waals surface area contributed by atoms with E-state index in [2.05, 4.69) is 17.6 Å². The maximum absolute atomic E-state index is 13.0. The van der Waals surface area contributed by atoms with E-state index < -0.39 is 16.1 Å². The first-order valence-electron chi connectivity index (χ1n) is 9.49. The number of ketones is 1. The van der Waals surface area contributed by atoms with E-state index >= 15 is 0 Å². The third-order valence-electron chi connectivity index (χ3n) is 4.65. The summed E-state index contributed by atoms with van der Waals surface area (Å²) in [7, 11) is -3.79. The number of nitrogens with one attached hydrogen (secondary N) is 2. The molecule has 1 saturated heterocycles. The second kappa shape index (κ2) is 9.96. The quantitative estimate of drug-likeness (QED) is 0.489. The van der Waals surface area contributed by atoms with Gasteiger partial charge >= 0.3 is 0 Å². The smallest absolute Gasteiger partial charge is 0.243 e. The standard InChI is InChI=1S/C19H29N3O4S/c1-3-11-20-12-13-21-19(24)18-6-4-5-14-22(18)27(25,26)17-9-7-16(8-10-17)15(2)23/h7-10,18,20H,3-6,11-14H2,1-2H3,(H,21,24). The van der Waals surface area contributed by atoms with Crippen molar-refractivity contribution < 1.29 is 18.0 Å². The topological polar surface area (TPSA) is 95.6 Å². The second-order valence-corrected chi connectivity index (χ2v) is 8.64. The van der Waals surface area contributed by atoms with Crippen molar-refractivity contribution in [2.75, 3.05) is 26.2 Å². The van der Waals surface area contributed by atoms with Gasteiger partial charge in [0.15, 0.2) is 5.78 Å². The van der Waals surface area contributed by atoms with Crippen LogP contribution in [0.25, 0.3) is 0 Å². The molecular formula is C19H29N3O4S. The summed E-state index contributed by atoms with van der Waals surface area (Å²) in [6.07, 6.45) is 3.08. The molecule has 8 heteroatoms. The van der Waals surface area contributed by atoms with Crippen molar-refractivity contribution >= 4 is 21.7 Å². The van der Waals surface area contributed by atoms with Crippen LogP contribution in [-0.2, 0) is 14.8 Å². The number of rotatable bonds is 9. The molecule has 0 bridgehead atoms. The Morgan fingerprint density at radius 3 is 2.44 bits per heavy atom. The van der Waals surface area contributed by atoms with E-state index in [4.69, 9.17) is 0 Å². The number of hydrogen-bond acceptors (Lipinski definition) is 5. The molecule has 0 spiro atoms. The van der Waals surface area contributed by atoms with E-state index in [0.29, 0.717) is 31.6 Å². The van der Waals surface area contributed by atoms with Crippen LogP contribution >= 0.6 is 0 Å². The molecule has 1 fully saturated rings. The van der Waals surface area contributed by atoms with Crippen molar-refractivity contribution in [3.05, 3.63) is 29.8 Å². The molecule has 0 radical (unpaired) electrons. The van der Waals surface area contributed by atoms with Gasteiger partial charge in [-0.1, -0.05) is 25.5 Å². The molecule has 1 unspecified atom stereocenters. The molecule has 0 saturated carbocycles. The first-order chi connectivity index (χ1) is 12.9. The first kappa shape index (κ1) is 21.5. The van der Waals surface area contributed by atoms with Gasteiger partial charge < -0.3 is 10.6 Å². The van der Waals surface area contributed by atoms with Gasteiger partial charge in [-0.15, -0.1) is 0 Å². The highest BCUT2D eigenvalue weighted by molar-refractivity contribution is 7.89. The molecule has 1 heterocycles. The summed E-state index contributed by atoms with van der Waals surface area (Å²) in [5, 5.41) is 6.04. The molecule has 150 valence electrons. The minimum Gasteiger partial charge on any atom is -0.353 e. The van der Waals surface area contributed by atoms with Crippen molar-refractivity contribution in [3.8, 4) is 0 Å². The minimum atomic E-state index is -3.79. The number of carbonyl (C=O) groups excluding carboxylic acids is 2. The van der Waals surface area contributed by atoms with E-state index in [1.807, 2.05) is 0 Å². The van der Waals surface area contributed by atoms with Crippen LogP contribution in [0.2, 0.25) is 0 Å². The van der Waals surface area contributed by atoms with Gasteiger partial charge in [-0.3, -0.25) is 9.59 Å². The van der Waals surface area contributed by atoms with E-state index in [1.165, 1.54) is 35.5 Å². The lowest BCUT2D eigenvalue weighted by Gasteiger charge is -2.33. The van der Waals surface area contributed by atoms with Crippen molar-refractivity contribution in [2.45, 2.75) is 50.5 Å². The lowest BCUT2D eigenvalue weighted by Crippen LogP contribution is -2.52. The monoisotopic (exact) mass is 395 g/mol. The van der Waals surface area contributed by atoms with Crippen molar-refractivity contribution in [2.24, 2.45) is 0 Å². The highest BCUT2D eigenvalue weighted by atomic mass is 32.2. The van der Waals surface area contributed by atoms with Crippen molar-refractivity contribution in [1.29, 1.82) is 0 Å². The molecule has 0 aromatic heterocycles. The Hall–Kier alpha value is -1.77. The summed E-state index contributed by atoms with van der Waals surface area (Å²) < 4.78 is 27.4. The molecule has 7 nitrogen and oxygen atoms in total. The van der Waals surface area contributed by atoms with Crippen LogP contribution in [-0.4, -0.2) is 56.6 Å². The fraction of sp³-hybridized carbons (Fsp3) is 0.579. The second-order valence-electron chi connectivity index (χ2n) is 6.75. The number of Topliss-reactive ketones (excluding diaryl/α,β-unsaturated/α-hetero) is 1. The van der Waals surface area contributed by atoms with Gasteiger partial charge in [-0.2, -0.15) is 4.31 Å². The molecule has 0 aliphatic carbocycles. The van der Waals surface area contributed by atoms with Crippen LogP contribution in [0.5, 0.6) is 0 Å². The zero-order valence-electron chi connectivity index (χ0n) is 16.0. The van der Waals surface area contributed by atoms with Crippen LogP contribution in [0.15, 0.2) is 29.2 Å². The first-order valence-corrected chi connectivity index (χ1v) is 10.9. The number of amides is 1. The van der Waals surface area contributed by atoms with Crippen molar-refractivity contribution in [1.82, 2.24) is 14.9 Å². The maximum atomic E-state index is 13.0. The summed E-state index contributed by atoms with van der Waals surface area (Å²) in [5.74, 6) is -0.372. The summed E-state index contributed by atoms with van der Waals surface area (Å²) in [6.45, 7) is 5.84. The molecule has 2 N–H and O–H groups in total. The number of nitrogens with zero attached hydrogens (tertiary/aromatic N) is 1. The summed E-state index contributed by atoms with van der Waals surface area (Å²) in [5.41, 5.74) is 0.460. The fourth-order valence-corrected chi connectivity index (χ4v) is 4.80. The molecule has 1 aromatic carbocycles. The predicted octanol–water partition coefficient (Wildman–Crippen LogP) is 1.55. The molecule has 1 aliphatic rings. The van der Waals surface area contributed by atoms with E-state index in [-0.39, 0.29) is 16.6 Å². The third-order valence-corrected chi connectivity index (χ3v) is 6.57. The Bertz CT molecular complexity index is 747. The number of carbonyl (C=O) groups is 2. The molecule has 27 heavy (non-hydrogen) atoms. The summed E-state index contributed by atoms with van der Waals surface area (Å²) >= 11 is 0. The predicted molar refractivity (Wildman–Crippen MR) is 104 cm³/mol. The van der Waals surface area contributed by atoms with Crippen LogP contribution < -0.4 is 10.6 Å². The van der Waals surface area contributed by atoms with Gasteiger partial charge in [0.1, 0.15) is 6.04 Å². The van der Waals surface area contributed by atoms with Crippen LogP contribution in [0.4, 0.5) is 0 Å². The van der Waals surface area contributed by atoms with Gasteiger partial charge in [-0.25, -0.2) is 8.42 Å². The summed E-state index contributed by atoms with van der Waals surface area (Å²) in [4.78, 5) is 24.1. The Morgan fingerprint density at radius 1 is 1.11 bits per heavy atom. The van der Waals surface area contributed by atoms with Crippen molar-refractivity contribution in [3.63, 3.8) is 0 Å². The molecular weight excluding hydrogens is 366 g/mol. The van der Waals surface area contributed by atoms with Gasteiger partial charge in [-0.05, 0) is 44.9 Å². The van der Waals surface area contributed by atoms with Gasteiger partial charge in [0.25, 0.3) is 0 Å². The fourth-order valence-electron chi connectivity index (χ4n) is 3.15. The Labute approximate surface area is 161 Å². The normalized spacial score (nSPS) is 18.2. The molecule has 1 amide bonds. The number of piperidine rings is 1. The average Bonchev–Trinajstić information content (AvgIpc) is 2.67. The van der Waals surface area contributed by atoms with Crippen LogP contribution in [0.1, 0.15) is 49.9 Å². The Balaban J connectivity index is 2.10. The van der Waals surface area contributed by atoms with E-state index in [0.717, 1.165) is 25.8 Å². The number of benzene rings is 1. The zero-order chi connectivity index (χ0) is 19.9. The lowest BCUT2D eigenvalue weighted by molar-refractivity contribution is -0.125. The SMILES string of the molecule is CCCNCCNC(=O)C1CCCCN1S(=O)(=O)c1ccc(C(C)=O)cc1. The molecule has 2 rings (SSSR count). The van der Waals surface area contributed by atoms with Crippen LogP contribution in [0, 0.1) is 0 Å². The minimum absolute atomic E-state index is 0.108. The number of hydrogen-bond donors (Lipinski definition) is 2. The average molecular weight is 396 g/mol. The molecule has 1 atom stereocenters. The lowest BCUT2D eigenvalue weighted by atomic mass is 10.0. The highest BCUT2D eigenvalue weighted by Gasteiger charge is 2.37. The molecule has 1 aromatic rings. The summed E-state index contributed by atoms with van der Waals surface area (Å²) in [6, 6.07) is 5.19. The van der Waals surface area contributed by atoms with Gasteiger partial charge in [0.2, 0.25) is 15.9 Å². The third kappa shape index (κ3) is 5.60. The molecule has 1 aliphatic heterocycles. The Morgan fingerprint density at radius 2 is 1.81 bits per heavy atom. The highest BCUT2D eigenvalue weighted by Crippen LogP contribution is 2.25. The maximum Gasteiger partial charge on any atom is 0.243 e. The Kier molecular flexibility index (Phi) is 7.94.